The highest BCUT2D eigenvalue weighted by molar-refractivity contribution is 5.97. The quantitative estimate of drug-likeness (QED) is 0.881. The minimum Gasteiger partial charge on any atom is -0.475 e. The number of alkyl halides is 3. The first-order chi connectivity index (χ1) is 10.0. The number of carboxylic acid groups (broad SMARTS) is 1. The zero-order valence-corrected chi connectivity index (χ0v) is 11.8. The van der Waals surface area contributed by atoms with Gasteiger partial charge in [-0.25, -0.2) is 4.79 Å². The summed E-state index contributed by atoms with van der Waals surface area (Å²) in [7, 11) is 1.73. The minimum absolute atomic E-state index is 0.0616. The molecule has 9 heteroatoms. The summed E-state index contributed by atoms with van der Waals surface area (Å²) in [5, 5.41) is 7.12. The van der Waals surface area contributed by atoms with Crippen LogP contribution in [0.4, 0.5) is 13.2 Å². The highest BCUT2D eigenvalue weighted by Crippen LogP contribution is 2.13. The number of hydrogen-bond donors (Lipinski definition) is 2. The van der Waals surface area contributed by atoms with Gasteiger partial charge in [-0.15, -0.1) is 0 Å². The first-order valence-corrected chi connectivity index (χ1v) is 5.96. The van der Waals surface area contributed by atoms with Crippen LogP contribution in [-0.4, -0.2) is 47.6 Å². The molecule has 1 aromatic carbocycles. The number of nitrogens with two attached hydrogens (primary N) is 1. The second-order valence-corrected chi connectivity index (χ2v) is 4.06. The van der Waals surface area contributed by atoms with Crippen LogP contribution in [-0.2, 0) is 4.79 Å². The van der Waals surface area contributed by atoms with Gasteiger partial charge in [-0.1, -0.05) is 0 Å². The molecule has 22 heavy (non-hydrogen) atoms. The third-order valence-electron chi connectivity index (χ3n) is 2.48. The molecule has 6 nitrogen and oxygen atoms in total. The van der Waals surface area contributed by atoms with Gasteiger partial charge in [0, 0.05) is 24.7 Å². The van der Waals surface area contributed by atoms with Crippen LogP contribution >= 0.6 is 0 Å². The van der Waals surface area contributed by atoms with Crippen LogP contribution in [0, 0.1) is 0 Å². The number of carbonyl (C=O) groups is 3. The van der Waals surface area contributed by atoms with Gasteiger partial charge in [-0.3, -0.25) is 9.59 Å². The third-order valence-corrected chi connectivity index (χ3v) is 2.48. The summed E-state index contributed by atoms with van der Waals surface area (Å²) < 4.78 is 31.7. The van der Waals surface area contributed by atoms with Crippen molar-refractivity contribution in [2.75, 3.05) is 13.6 Å². The molecule has 0 aliphatic rings. The van der Waals surface area contributed by atoms with Gasteiger partial charge in [0.05, 0.1) is 0 Å². The van der Waals surface area contributed by atoms with E-state index in [0.717, 1.165) is 0 Å². The lowest BCUT2D eigenvalue weighted by atomic mass is 10.1. The summed E-state index contributed by atoms with van der Waals surface area (Å²) in [4.78, 5) is 33.0. The van der Waals surface area contributed by atoms with E-state index in [4.69, 9.17) is 15.6 Å². The fourth-order valence-electron chi connectivity index (χ4n) is 1.14. The lowest BCUT2D eigenvalue weighted by Crippen LogP contribution is -2.26. The molecule has 1 aromatic rings. The molecule has 0 aliphatic heterocycles. The monoisotopic (exact) mass is 320 g/mol. The number of amides is 2. The van der Waals surface area contributed by atoms with Crippen LogP contribution in [0.25, 0.3) is 0 Å². The Hall–Kier alpha value is -2.58. The van der Waals surface area contributed by atoms with Crippen LogP contribution in [0.1, 0.15) is 27.6 Å². The van der Waals surface area contributed by atoms with Crippen LogP contribution in [0.5, 0.6) is 0 Å². The Kier molecular flexibility index (Phi) is 7.07. The molecule has 1 rings (SSSR count). The predicted molar refractivity (Wildman–Crippen MR) is 71.3 cm³/mol. The fraction of sp³-hybridized carbons (Fsp3) is 0.308. The van der Waals surface area contributed by atoms with E-state index in [0.29, 0.717) is 17.7 Å². The molecule has 0 aliphatic carbocycles. The third kappa shape index (κ3) is 6.25. The van der Waals surface area contributed by atoms with Crippen molar-refractivity contribution in [3.05, 3.63) is 35.4 Å². The topological polar surface area (TPSA) is 101 Å². The molecular formula is C13H15F3N2O4. The fourth-order valence-corrected chi connectivity index (χ4v) is 1.14. The minimum atomic E-state index is -5.08. The molecular weight excluding hydrogens is 305 g/mol. The SMILES string of the molecule is CCN(C)C(=O)c1ccc(C(N)=O)cc1.O=C(O)C(F)(F)F. The molecule has 0 radical (unpaired) electrons. The number of carbonyl (C=O) groups excluding carboxylic acids is 2. The first kappa shape index (κ1) is 19.4. The molecule has 3 N–H and O–H groups in total. The highest BCUT2D eigenvalue weighted by Gasteiger charge is 2.38. The maximum atomic E-state index is 11.7. The number of halogens is 3. The average molecular weight is 320 g/mol. The van der Waals surface area contributed by atoms with Gasteiger partial charge in [-0.05, 0) is 31.2 Å². The number of benzene rings is 1. The zero-order valence-electron chi connectivity index (χ0n) is 11.8. The maximum absolute atomic E-state index is 11.7. The Morgan fingerprint density at radius 1 is 1.14 bits per heavy atom. The number of carboxylic acids is 1. The molecule has 0 fully saturated rings. The van der Waals surface area contributed by atoms with E-state index in [2.05, 4.69) is 0 Å². The van der Waals surface area contributed by atoms with E-state index in [1.54, 1.807) is 36.2 Å². The van der Waals surface area contributed by atoms with E-state index in [1.165, 1.54) is 0 Å². The van der Waals surface area contributed by atoms with Crippen molar-refractivity contribution in [1.29, 1.82) is 0 Å². The molecule has 0 aromatic heterocycles. The number of nitrogens with zero attached hydrogens (tertiary/aromatic N) is 1. The largest absolute Gasteiger partial charge is 0.490 e. The second kappa shape index (κ2) is 8.01. The van der Waals surface area contributed by atoms with Crippen LogP contribution in [0.3, 0.4) is 0 Å². The second-order valence-electron chi connectivity index (χ2n) is 4.06. The van der Waals surface area contributed by atoms with Crippen molar-refractivity contribution in [2.24, 2.45) is 5.73 Å². The van der Waals surface area contributed by atoms with Crippen molar-refractivity contribution >= 4 is 17.8 Å². The molecule has 0 bridgehead atoms. The van der Waals surface area contributed by atoms with Crippen molar-refractivity contribution in [2.45, 2.75) is 13.1 Å². The Labute approximate surface area is 124 Å². The van der Waals surface area contributed by atoms with E-state index < -0.39 is 18.1 Å². The van der Waals surface area contributed by atoms with Gasteiger partial charge in [0.2, 0.25) is 5.91 Å². The Morgan fingerprint density at radius 3 is 1.77 bits per heavy atom. The lowest BCUT2D eigenvalue weighted by Gasteiger charge is -2.14. The standard InChI is InChI=1S/C11H14N2O2.C2HF3O2/c1-3-13(2)11(15)9-6-4-8(5-7-9)10(12)14;3-2(4,5)1(6)7/h4-7H,3H2,1-2H3,(H2,12,14);(H,6,7). The number of hydrogen-bond acceptors (Lipinski definition) is 3. The van der Waals surface area contributed by atoms with E-state index in [9.17, 15) is 22.8 Å². The highest BCUT2D eigenvalue weighted by atomic mass is 19.4. The van der Waals surface area contributed by atoms with E-state index >= 15 is 0 Å². The smallest absolute Gasteiger partial charge is 0.475 e. The number of rotatable bonds is 3. The van der Waals surface area contributed by atoms with Gasteiger partial charge in [-0.2, -0.15) is 13.2 Å². The summed E-state index contributed by atoms with van der Waals surface area (Å²) in [5.74, 6) is -3.31. The molecule has 2 amide bonds. The Morgan fingerprint density at radius 2 is 1.50 bits per heavy atom. The number of aliphatic carboxylic acids is 1. The molecule has 0 saturated carbocycles. The molecule has 0 unspecified atom stereocenters. The molecule has 0 heterocycles. The Bertz CT molecular complexity index is 541. The summed E-state index contributed by atoms with van der Waals surface area (Å²) in [6.07, 6.45) is -5.08. The molecule has 0 atom stereocenters. The van der Waals surface area contributed by atoms with Gasteiger partial charge in [0.15, 0.2) is 0 Å². The van der Waals surface area contributed by atoms with Gasteiger partial charge < -0.3 is 15.7 Å². The van der Waals surface area contributed by atoms with E-state index in [-0.39, 0.29) is 5.91 Å². The molecule has 0 saturated heterocycles. The average Bonchev–Trinajstić information content (AvgIpc) is 2.45. The van der Waals surface area contributed by atoms with Crippen molar-refractivity contribution < 1.29 is 32.7 Å². The van der Waals surface area contributed by atoms with Crippen molar-refractivity contribution in [3.63, 3.8) is 0 Å². The first-order valence-electron chi connectivity index (χ1n) is 5.96. The summed E-state index contributed by atoms with van der Waals surface area (Å²) in [6.45, 7) is 2.55. The van der Waals surface area contributed by atoms with Crippen molar-refractivity contribution in [3.8, 4) is 0 Å². The van der Waals surface area contributed by atoms with Crippen LogP contribution in [0.15, 0.2) is 24.3 Å². The van der Waals surface area contributed by atoms with Crippen molar-refractivity contribution in [1.82, 2.24) is 4.90 Å². The lowest BCUT2D eigenvalue weighted by molar-refractivity contribution is -0.192. The predicted octanol–water partition coefficient (Wildman–Crippen LogP) is 1.51. The summed E-state index contributed by atoms with van der Waals surface area (Å²) in [6, 6.07) is 6.32. The van der Waals surface area contributed by atoms with Crippen LogP contribution in [0.2, 0.25) is 0 Å². The molecule has 122 valence electrons. The summed E-state index contributed by atoms with van der Waals surface area (Å²) >= 11 is 0. The Balaban J connectivity index is 0.000000534. The van der Waals surface area contributed by atoms with Crippen LogP contribution < -0.4 is 5.73 Å². The zero-order chi connectivity index (χ0) is 17.5. The van der Waals surface area contributed by atoms with E-state index in [1.807, 2.05) is 6.92 Å². The molecule has 0 spiro atoms. The normalized spacial score (nSPS) is 10.2. The number of primary amides is 1. The van der Waals surface area contributed by atoms with Gasteiger partial charge >= 0.3 is 12.1 Å². The van der Waals surface area contributed by atoms with Gasteiger partial charge in [0.1, 0.15) is 0 Å². The summed E-state index contributed by atoms with van der Waals surface area (Å²) in [5.41, 5.74) is 6.06. The maximum Gasteiger partial charge on any atom is 0.490 e. The van der Waals surface area contributed by atoms with Gasteiger partial charge in [0.25, 0.3) is 5.91 Å².